The summed E-state index contributed by atoms with van der Waals surface area (Å²) >= 11 is 1.45. The van der Waals surface area contributed by atoms with Crippen molar-refractivity contribution in [2.75, 3.05) is 13.7 Å². The quantitative estimate of drug-likeness (QED) is 0.610. The van der Waals surface area contributed by atoms with Crippen LogP contribution in [0, 0.1) is 0 Å². The molecule has 0 spiro atoms. The molecule has 30 heavy (non-hydrogen) atoms. The Labute approximate surface area is 178 Å². The van der Waals surface area contributed by atoms with Crippen LogP contribution in [0.5, 0.6) is 11.5 Å². The molecule has 2 amide bonds. The lowest BCUT2D eigenvalue weighted by Crippen LogP contribution is -2.41. The monoisotopic (exact) mass is 422 g/mol. The first-order chi connectivity index (χ1) is 14.6. The summed E-state index contributed by atoms with van der Waals surface area (Å²) in [5.74, 6) is 0.250. The highest BCUT2D eigenvalue weighted by atomic mass is 32.1. The molecule has 1 aliphatic rings. The fourth-order valence-corrected chi connectivity index (χ4v) is 4.68. The summed E-state index contributed by atoms with van der Waals surface area (Å²) in [7, 11) is 1.51. The molecule has 1 heterocycles. The van der Waals surface area contributed by atoms with Crippen molar-refractivity contribution in [3.8, 4) is 21.9 Å². The Kier molecular flexibility index (Phi) is 5.72. The van der Waals surface area contributed by atoms with Gasteiger partial charge in [-0.15, -0.1) is 11.3 Å². The van der Waals surface area contributed by atoms with E-state index in [0.29, 0.717) is 28.5 Å². The molecule has 0 bridgehead atoms. The second-order valence-corrected chi connectivity index (χ2v) is 7.88. The number of fused-ring (bicyclic) bond motifs is 3. The van der Waals surface area contributed by atoms with Crippen molar-refractivity contribution in [1.29, 1.82) is 0 Å². The molecule has 3 aromatic rings. The number of ether oxygens (including phenoxy) is 2. The Morgan fingerprint density at radius 3 is 2.53 bits per heavy atom. The highest BCUT2D eigenvalue weighted by Crippen LogP contribution is 2.39. The van der Waals surface area contributed by atoms with E-state index in [4.69, 9.17) is 9.47 Å². The third-order valence-corrected chi connectivity index (χ3v) is 6.18. The fourth-order valence-electron chi connectivity index (χ4n) is 3.51. The number of aryl methyl sites for hydroxylation is 2. The number of methoxy groups -OCH3 is 1. The van der Waals surface area contributed by atoms with Crippen LogP contribution in [0.15, 0.2) is 48.5 Å². The fraction of sp³-hybridized carbons (Fsp3) is 0.217. The zero-order chi connectivity index (χ0) is 21.1. The van der Waals surface area contributed by atoms with Gasteiger partial charge in [-0.2, -0.15) is 0 Å². The average molecular weight is 423 g/mol. The molecule has 0 atom stereocenters. The minimum absolute atomic E-state index is 0.335. The van der Waals surface area contributed by atoms with Crippen molar-refractivity contribution in [1.82, 2.24) is 10.9 Å². The molecule has 0 aliphatic heterocycles. The first-order valence-electron chi connectivity index (χ1n) is 9.73. The van der Waals surface area contributed by atoms with Crippen molar-refractivity contribution < 1.29 is 19.1 Å². The molecular formula is C23H22N2O4S. The summed E-state index contributed by atoms with van der Waals surface area (Å²) in [5.41, 5.74) is 9.00. The molecule has 1 aromatic heterocycles. The number of carbonyl (C=O) groups excluding carboxylic acids is 2. The van der Waals surface area contributed by atoms with Gasteiger partial charge in [0.05, 0.1) is 18.6 Å². The highest BCUT2D eigenvalue weighted by molar-refractivity contribution is 7.17. The largest absolute Gasteiger partial charge is 0.493 e. The van der Waals surface area contributed by atoms with Crippen molar-refractivity contribution >= 4 is 23.2 Å². The zero-order valence-electron chi connectivity index (χ0n) is 16.8. The molecule has 0 fully saturated rings. The molecule has 1 aliphatic carbocycles. The van der Waals surface area contributed by atoms with E-state index >= 15 is 0 Å². The number of rotatable bonds is 5. The predicted molar refractivity (Wildman–Crippen MR) is 116 cm³/mol. The van der Waals surface area contributed by atoms with E-state index in [1.54, 1.807) is 18.2 Å². The van der Waals surface area contributed by atoms with Crippen LogP contribution in [0.4, 0.5) is 0 Å². The molecule has 2 N–H and O–H groups in total. The standard InChI is InChI=1S/C23H22N2O4S/c1-3-29-18-11-10-16(12-19(18)28-2)22(26)24-25-23(27)20-13-15-9-8-14-6-4-5-7-17(14)21(15)30-20/h4-7,10-13H,3,8-9H2,1-2H3,(H,24,26)(H,25,27). The lowest BCUT2D eigenvalue weighted by atomic mass is 9.91. The third-order valence-electron chi connectivity index (χ3n) is 4.97. The molecule has 154 valence electrons. The van der Waals surface area contributed by atoms with Gasteiger partial charge in [0.15, 0.2) is 11.5 Å². The first kappa shape index (κ1) is 20.0. The Bertz CT molecular complexity index is 1110. The zero-order valence-corrected chi connectivity index (χ0v) is 17.6. The van der Waals surface area contributed by atoms with Gasteiger partial charge in [-0.25, -0.2) is 0 Å². The van der Waals surface area contributed by atoms with Crippen LogP contribution in [0.25, 0.3) is 10.4 Å². The molecule has 0 unspecified atom stereocenters. The number of thiophene rings is 1. The Morgan fingerprint density at radius 2 is 1.73 bits per heavy atom. The summed E-state index contributed by atoms with van der Waals surface area (Å²) in [6, 6.07) is 15.1. The van der Waals surface area contributed by atoms with E-state index in [1.807, 2.05) is 25.1 Å². The number of benzene rings is 2. The van der Waals surface area contributed by atoms with Crippen LogP contribution in [-0.4, -0.2) is 25.5 Å². The Balaban J connectivity index is 1.45. The molecule has 6 nitrogen and oxygen atoms in total. The number of amides is 2. The molecule has 0 saturated heterocycles. The maximum absolute atomic E-state index is 12.6. The third kappa shape index (κ3) is 3.89. The van der Waals surface area contributed by atoms with Crippen molar-refractivity contribution in [2.24, 2.45) is 0 Å². The summed E-state index contributed by atoms with van der Waals surface area (Å²) in [6.07, 6.45) is 1.88. The molecule has 4 rings (SSSR count). The summed E-state index contributed by atoms with van der Waals surface area (Å²) < 4.78 is 10.7. The minimum atomic E-state index is -0.434. The summed E-state index contributed by atoms with van der Waals surface area (Å²) in [6.45, 7) is 2.36. The predicted octanol–water partition coefficient (Wildman–Crippen LogP) is 4.00. The van der Waals surface area contributed by atoms with Crippen molar-refractivity contribution in [3.63, 3.8) is 0 Å². The lowest BCUT2D eigenvalue weighted by molar-refractivity contribution is 0.0848. The van der Waals surface area contributed by atoms with E-state index in [9.17, 15) is 9.59 Å². The SMILES string of the molecule is CCOc1ccc(C(=O)NNC(=O)c2cc3c(s2)-c2ccccc2CC3)cc1OC. The minimum Gasteiger partial charge on any atom is -0.493 e. The molecule has 0 radical (unpaired) electrons. The molecule has 2 aromatic carbocycles. The smallest absolute Gasteiger partial charge is 0.279 e. The molecular weight excluding hydrogens is 400 g/mol. The van der Waals surface area contributed by atoms with Gasteiger partial charge in [0.2, 0.25) is 0 Å². The van der Waals surface area contributed by atoms with Crippen LogP contribution >= 0.6 is 11.3 Å². The van der Waals surface area contributed by atoms with E-state index in [0.717, 1.165) is 17.7 Å². The van der Waals surface area contributed by atoms with Gasteiger partial charge in [-0.1, -0.05) is 24.3 Å². The van der Waals surface area contributed by atoms with E-state index in [1.165, 1.54) is 35.1 Å². The van der Waals surface area contributed by atoms with Crippen LogP contribution in [0.1, 0.15) is 38.1 Å². The Morgan fingerprint density at radius 1 is 0.967 bits per heavy atom. The second-order valence-electron chi connectivity index (χ2n) is 6.83. The van der Waals surface area contributed by atoms with Gasteiger partial charge < -0.3 is 9.47 Å². The molecule has 7 heteroatoms. The van der Waals surface area contributed by atoms with Crippen LogP contribution in [0.3, 0.4) is 0 Å². The topological polar surface area (TPSA) is 76.7 Å². The number of hydrogen-bond acceptors (Lipinski definition) is 5. The summed E-state index contributed by atoms with van der Waals surface area (Å²) in [4.78, 5) is 26.8. The van der Waals surface area contributed by atoms with Crippen molar-refractivity contribution in [3.05, 3.63) is 70.1 Å². The van der Waals surface area contributed by atoms with Gasteiger partial charge in [0.25, 0.3) is 11.8 Å². The second kappa shape index (κ2) is 8.59. The first-order valence-corrected chi connectivity index (χ1v) is 10.5. The van der Waals surface area contributed by atoms with Crippen LogP contribution < -0.4 is 20.3 Å². The number of hydrogen-bond donors (Lipinski definition) is 2. The lowest BCUT2D eigenvalue weighted by Gasteiger charge is -2.15. The van der Waals surface area contributed by atoms with Gasteiger partial charge in [0.1, 0.15) is 0 Å². The van der Waals surface area contributed by atoms with E-state index in [2.05, 4.69) is 23.0 Å². The van der Waals surface area contributed by atoms with Gasteiger partial charge in [-0.3, -0.25) is 20.4 Å². The normalized spacial score (nSPS) is 11.8. The van der Waals surface area contributed by atoms with Gasteiger partial charge in [-0.05, 0) is 60.7 Å². The van der Waals surface area contributed by atoms with Crippen LogP contribution in [0.2, 0.25) is 0 Å². The van der Waals surface area contributed by atoms with E-state index in [-0.39, 0.29) is 5.91 Å². The van der Waals surface area contributed by atoms with Gasteiger partial charge in [0, 0.05) is 10.4 Å². The van der Waals surface area contributed by atoms with Crippen molar-refractivity contribution in [2.45, 2.75) is 19.8 Å². The number of carbonyl (C=O) groups is 2. The Hall–Kier alpha value is -3.32. The number of nitrogens with one attached hydrogen (secondary N) is 2. The average Bonchev–Trinajstić information content (AvgIpc) is 3.23. The maximum Gasteiger partial charge on any atom is 0.279 e. The maximum atomic E-state index is 12.6. The number of hydrazine groups is 1. The van der Waals surface area contributed by atoms with Gasteiger partial charge >= 0.3 is 0 Å². The van der Waals surface area contributed by atoms with E-state index < -0.39 is 5.91 Å². The summed E-state index contributed by atoms with van der Waals surface area (Å²) in [5, 5.41) is 0. The highest BCUT2D eigenvalue weighted by Gasteiger charge is 2.21. The molecule has 0 saturated carbocycles. The van der Waals surface area contributed by atoms with Crippen LogP contribution in [-0.2, 0) is 12.8 Å².